The summed E-state index contributed by atoms with van der Waals surface area (Å²) in [6, 6.07) is 7.15. The lowest BCUT2D eigenvalue weighted by molar-refractivity contribution is -0.147. The second kappa shape index (κ2) is 5.08. The predicted molar refractivity (Wildman–Crippen MR) is 70.1 cm³/mol. The van der Waals surface area contributed by atoms with Crippen LogP contribution in [0, 0.1) is 0 Å². The van der Waals surface area contributed by atoms with Gasteiger partial charge in [0.25, 0.3) is 0 Å². The minimum Gasteiger partial charge on any atom is -0.464 e. The molecule has 0 bridgehead atoms. The van der Waals surface area contributed by atoms with E-state index in [0.29, 0.717) is 19.0 Å². The number of esters is 1. The van der Waals surface area contributed by atoms with Crippen molar-refractivity contribution in [2.75, 3.05) is 12.3 Å². The molecule has 0 aliphatic rings. The van der Waals surface area contributed by atoms with Gasteiger partial charge in [0.2, 0.25) is 5.95 Å². The molecule has 2 N–H and O–H groups in total. The van der Waals surface area contributed by atoms with Crippen LogP contribution in [-0.2, 0) is 9.53 Å². The summed E-state index contributed by atoms with van der Waals surface area (Å²) in [5.74, 6) is 0.0750. The summed E-state index contributed by atoms with van der Waals surface area (Å²) >= 11 is 0. The van der Waals surface area contributed by atoms with Crippen LogP contribution in [0.2, 0.25) is 0 Å². The summed E-state index contributed by atoms with van der Waals surface area (Å²) in [4.78, 5) is 16.2. The second-order valence-corrected chi connectivity index (χ2v) is 4.00. The number of benzene rings is 1. The third-order valence-corrected chi connectivity index (χ3v) is 2.88. The maximum Gasteiger partial charge on any atom is 0.329 e. The highest BCUT2D eigenvalue weighted by Gasteiger charge is 2.23. The van der Waals surface area contributed by atoms with Gasteiger partial charge >= 0.3 is 5.97 Å². The van der Waals surface area contributed by atoms with Gasteiger partial charge in [0.1, 0.15) is 6.04 Å². The molecule has 0 radical (unpaired) electrons. The van der Waals surface area contributed by atoms with Gasteiger partial charge in [-0.15, -0.1) is 0 Å². The zero-order chi connectivity index (χ0) is 13.1. The first-order valence-electron chi connectivity index (χ1n) is 6.08. The summed E-state index contributed by atoms with van der Waals surface area (Å²) < 4.78 is 6.82. The average molecular weight is 247 g/mol. The normalized spacial score (nSPS) is 12.6. The van der Waals surface area contributed by atoms with Crippen molar-refractivity contribution in [3.8, 4) is 0 Å². The van der Waals surface area contributed by atoms with Crippen molar-refractivity contribution < 1.29 is 9.53 Å². The third-order valence-electron chi connectivity index (χ3n) is 2.88. The number of nitrogens with two attached hydrogens (primary N) is 1. The summed E-state index contributed by atoms with van der Waals surface area (Å²) in [5.41, 5.74) is 7.55. The summed E-state index contributed by atoms with van der Waals surface area (Å²) in [5, 5.41) is 0. The van der Waals surface area contributed by atoms with E-state index in [-0.39, 0.29) is 5.97 Å². The van der Waals surface area contributed by atoms with Crippen molar-refractivity contribution in [3.05, 3.63) is 24.3 Å². The van der Waals surface area contributed by atoms with E-state index in [0.717, 1.165) is 11.0 Å². The van der Waals surface area contributed by atoms with Gasteiger partial charge in [0.15, 0.2) is 0 Å². The zero-order valence-corrected chi connectivity index (χ0v) is 10.6. The Balaban J connectivity index is 2.50. The molecular formula is C13H17N3O2. The van der Waals surface area contributed by atoms with Gasteiger partial charge in [-0.25, -0.2) is 9.78 Å². The molecule has 1 unspecified atom stereocenters. The van der Waals surface area contributed by atoms with Crippen LogP contribution < -0.4 is 5.73 Å². The van der Waals surface area contributed by atoms with E-state index in [4.69, 9.17) is 10.5 Å². The van der Waals surface area contributed by atoms with Crippen molar-refractivity contribution in [1.29, 1.82) is 0 Å². The van der Waals surface area contributed by atoms with Crippen LogP contribution >= 0.6 is 0 Å². The molecule has 1 aromatic carbocycles. The van der Waals surface area contributed by atoms with E-state index in [1.165, 1.54) is 0 Å². The number of nitrogen functional groups attached to an aromatic ring is 1. The molecule has 1 atom stereocenters. The van der Waals surface area contributed by atoms with Crippen LogP contribution in [0.4, 0.5) is 5.95 Å². The molecule has 0 fully saturated rings. The van der Waals surface area contributed by atoms with Crippen molar-refractivity contribution >= 4 is 23.0 Å². The number of para-hydroxylation sites is 2. The summed E-state index contributed by atoms with van der Waals surface area (Å²) in [7, 11) is 0. The molecular weight excluding hydrogens is 230 g/mol. The van der Waals surface area contributed by atoms with Crippen molar-refractivity contribution in [2.45, 2.75) is 26.3 Å². The van der Waals surface area contributed by atoms with Crippen LogP contribution in [0.1, 0.15) is 26.3 Å². The highest BCUT2D eigenvalue weighted by molar-refractivity contribution is 5.83. The van der Waals surface area contributed by atoms with E-state index in [9.17, 15) is 4.79 Å². The number of anilines is 1. The Kier molecular flexibility index (Phi) is 3.50. The van der Waals surface area contributed by atoms with Crippen molar-refractivity contribution in [3.63, 3.8) is 0 Å². The number of aromatic nitrogens is 2. The Bertz CT molecular complexity index is 562. The number of imidazole rings is 1. The fourth-order valence-electron chi connectivity index (χ4n) is 2.08. The van der Waals surface area contributed by atoms with Crippen LogP contribution in [-0.4, -0.2) is 22.1 Å². The summed E-state index contributed by atoms with van der Waals surface area (Å²) in [6.07, 6.45) is 0.614. The van der Waals surface area contributed by atoms with Gasteiger partial charge in [-0.05, 0) is 25.5 Å². The first-order chi connectivity index (χ1) is 8.69. The molecule has 0 saturated carbocycles. The number of rotatable bonds is 4. The molecule has 2 rings (SSSR count). The maximum atomic E-state index is 11.9. The number of ether oxygens (including phenoxy) is 1. The quantitative estimate of drug-likeness (QED) is 0.840. The standard InChI is InChI=1S/C13H17N3O2/c1-3-10(12(17)18-4-2)16-11-8-6-5-7-9(11)15-13(16)14/h5-8,10H,3-4H2,1-2H3,(H2,14,15). The number of carbonyl (C=O) groups is 1. The Labute approximate surface area is 106 Å². The third kappa shape index (κ3) is 2.03. The topological polar surface area (TPSA) is 70.1 Å². The molecule has 1 aromatic heterocycles. The molecule has 5 heteroatoms. The lowest BCUT2D eigenvalue weighted by Gasteiger charge is -2.17. The molecule has 5 nitrogen and oxygen atoms in total. The van der Waals surface area contributed by atoms with Crippen LogP contribution in [0.3, 0.4) is 0 Å². The summed E-state index contributed by atoms with van der Waals surface area (Å²) in [6.45, 7) is 4.08. The van der Waals surface area contributed by atoms with Gasteiger partial charge in [0.05, 0.1) is 17.6 Å². The van der Waals surface area contributed by atoms with Gasteiger partial charge in [-0.1, -0.05) is 19.1 Å². The average Bonchev–Trinajstić information content (AvgIpc) is 2.68. The van der Waals surface area contributed by atoms with Gasteiger partial charge < -0.3 is 10.5 Å². The minimum atomic E-state index is -0.419. The predicted octanol–water partition coefficient (Wildman–Crippen LogP) is 2.13. The molecule has 1 heterocycles. The maximum absolute atomic E-state index is 11.9. The van der Waals surface area contributed by atoms with Gasteiger partial charge in [-0.2, -0.15) is 0 Å². The lowest BCUT2D eigenvalue weighted by atomic mass is 10.2. The molecule has 0 aliphatic heterocycles. The van der Waals surface area contributed by atoms with Gasteiger partial charge in [-0.3, -0.25) is 4.57 Å². The first kappa shape index (κ1) is 12.4. The highest BCUT2D eigenvalue weighted by Crippen LogP contribution is 2.25. The molecule has 0 spiro atoms. The molecule has 18 heavy (non-hydrogen) atoms. The van der Waals surface area contributed by atoms with Crippen LogP contribution in [0.15, 0.2) is 24.3 Å². The Morgan fingerprint density at radius 3 is 2.83 bits per heavy atom. The number of carbonyl (C=O) groups excluding carboxylic acids is 1. The van der Waals surface area contributed by atoms with E-state index in [2.05, 4.69) is 4.98 Å². The molecule has 96 valence electrons. The SMILES string of the molecule is CCOC(=O)C(CC)n1c(N)nc2ccccc21. The van der Waals surface area contributed by atoms with E-state index in [1.807, 2.05) is 31.2 Å². The van der Waals surface area contributed by atoms with Gasteiger partial charge in [0, 0.05) is 0 Å². The molecule has 0 aliphatic carbocycles. The highest BCUT2D eigenvalue weighted by atomic mass is 16.5. The number of hydrogen-bond donors (Lipinski definition) is 1. The Morgan fingerprint density at radius 2 is 2.17 bits per heavy atom. The smallest absolute Gasteiger partial charge is 0.329 e. The number of hydrogen-bond acceptors (Lipinski definition) is 4. The number of fused-ring (bicyclic) bond motifs is 1. The van der Waals surface area contributed by atoms with E-state index >= 15 is 0 Å². The lowest BCUT2D eigenvalue weighted by Crippen LogP contribution is -2.22. The monoisotopic (exact) mass is 247 g/mol. The number of nitrogens with zero attached hydrogens (tertiary/aromatic N) is 2. The first-order valence-corrected chi connectivity index (χ1v) is 6.08. The van der Waals surface area contributed by atoms with Crippen molar-refractivity contribution in [2.24, 2.45) is 0 Å². The largest absolute Gasteiger partial charge is 0.464 e. The van der Waals surface area contributed by atoms with E-state index < -0.39 is 6.04 Å². The Morgan fingerprint density at radius 1 is 1.44 bits per heavy atom. The minimum absolute atomic E-state index is 0.269. The van der Waals surface area contributed by atoms with E-state index in [1.54, 1.807) is 11.5 Å². The fraction of sp³-hybridized carbons (Fsp3) is 0.385. The van der Waals surface area contributed by atoms with Crippen LogP contribution in [0.25, 0.3) is 11.0 Å². The fourth-order valence-corrected chi connectivity index (χ4v) is 2.08. The Hall–Kier alpha value is -2.04. The van der Waals surface area contributed by atoms with Crippen LogP contribution in [0.5, 0.6) is 0 Å². The zero-order valence-electron chi connectivity index (χ0n) is 10.6. The second-order valence-electron chi connectivity index (χ2n) is 4.00. The molecule has 2 aromatic rings. The molecule has 0 saturated heterocycles. The van der Waals surface area contributed by atoms with Crippen molar-refractivity contribution in [1.82, 2.24) is 9.55 Å². The molecule has 0 amide bonds.